The lowest BCUT2D eigenvalue weighted by Crippen LogP contribution is -2.41. The Balaban J connectivity index is 1.64. The molecule has 4 aromatic heterocycles. The number of amides is 1. The molecular weight excluding hydrogens is 448 g/mol. The zero-order valence-corrected chi connectivity index (χ0v) is 19.1. The molecule has 0 aliphatic carbocycles. The van der Waals surface area contributed by atoms with E-state index in [1.165, 1.54) is 40.8 Å². The van der Waals surface area contributed by atoms with E-state index in [-0.39, 0.29) is 23.5 Å². The SMILES string of the molecule is CC(=O)Cn1c(=O)c2c(ncn2[C@@H](C)C(=O)Nc2csc(-c3cnc(C)nc3)n2)n(C)c1=O. The summed E-state index contributed by atoms with van der Waals surface area (Å²) in [5.74, 6) is 0.213. The van der Waals surface area contributed by atoms with Crippen molar-refractivity contribution in [1.29, 1.82) is 0 Å². The van der Waals surface area contributed by atoms with Crippen molar-refractivity contribution in [3.8, 4) is 10.6 Å². The number of thiazole rings is 1. The van der Waals surface area contributed by atoms with Gasteiger partial charge >= 0.3 is 5.69 Å². The molecule has 0 unspecified atom stereocenters. The van der Waals surface area contributed by atoms with Crippen LogP contribution in [0.2, 0.25) is 0 Å². The Labute approximate surface area is 190 Å². The summed E-state index contributed by atoms with van der Waals surface area (Å²) >= 11 is 1.33. The average Bonchev–Trinajstić information content (AvgIpc) is 3.42. The molecule has 0 saturated heterocycles. The van der Waals surface area contributed by atoms with Gasteiger partial charge in [-0.1, -0.05) is 0 Å². The van der Waals surface area contributed by atoms with E-state index in [9.17, 15) is 19.2 Å². The van der Waals surface area contributed by atoms with Crippen molar-refractivity contribution in [3.05, 3.63) is 50.8 Å². The maximum atomic E-state index is 13.0. The Morgan fingerprint density at radius 1 is 1.18 bits per heavy atom. The molecule has 0 fully saturated rings. The summed E-state index contributed by atoms with van der Waals surface area (Å²) in [6.45, 7) is 4.30. The highest BCUT2D eigenvalue weighted by atomic mass is 32.1. The van der Waals surface area contributed by atoms with Gasteiger partial charge in [0, 0.05) is 30.4 Å². The number of rotatable bonds is 6. The van der Waals surface area contributed by atoms with Crippen LogP contribution in [0.4, 0.5) is 5.82 Å². The molecule has 170 valence electrons. The highest BCUT2D eigenvalue weighted by molar-refractivity contribution is 7.13. The predicted octanol–water partition coefficient (Wildman–Crippen LogP) is 0.907. The van der Waals surface area contributed by atoms with Gasteiger partial charge in [-0.2, -0.15) is 0 Å². The highest BCUT2D eigenvalue weighted by Gasteiger charge is 2.23. The van der Waals surface area contributed by atoms with Crippen molar-refractivity contribution in [2.45, 2.75) is 33.4 Å². The molecule has 0 bridgehead atoms. The van der Waals surface area contributed by atoms with Crippen molar-refractivity contribution in [1.82, 2.24) is 33.6 Å². The Morgan fingerprint density at radius 2 is 1.88 bits per heavy atom. The fraction of sp³-hybridized carbons (Fsp3) is 0.300. The van der Waals surface area contributed by atoms with Crippen LogP contribution < -0.4 is 16.6 Å². The van der Waals surface area contributed by atoms with Crippen LogP contribution in [0.3, 0.4) is 0 Å². The summed E-state index contributed by atoms with van der Waals surface area (Å²) < 4.78 is 3.39. The number of Topliss-reactive ketones (excluding diaryl/α,β-unsaturated/α-hetero) is 1. The van der Waals surface area contributed by atoms with Crippen LogP contribution in [0, 0.1) is 6.92 Å². The number of aryl methyl sites for hydroxylation is 2. The molecule has 12 nitrogen and oxygen atoms in total. The number of anilines is 1. The number of ketones is 1. The van der Waals surface area contributed by atoms with Gasteiger partial charge in [0.05, 0.1) is 12.9 Å². The maximum Gasteiger partial charge on any atom is 0.332 e. The molecule has 13 heteroatoms. The summed E-state index contributed by atoms with van der Waals surface area (Å²) in [5.41, 5.74) is -0.431. The third kappa shape index (κ3) is 4.09. The summed E-state index contributed by atoms with van der Waals surface area (Å²) in [6, 6.07) is -0.848. The zero-order valence-electron chi connectivity index (χ0n) is 18.3. The van der Waals surface area contributed by atoms with E-state index in [4.69, 9.17) is 0 Å². The molecular formula is C20H20N8O4S. The van der Waals surface area contributed by atoms with E-state index in [1.807, 2.05) is 0 Å². The number of carbonyl (C=O) groups is 2. The number of imidazole rings is 1. The smallest absolute Gasteiger partial charge is 0.312 e. The topological polar surface area (TPSA) is 147 Å². The standard InChI is InChI=1S/C20H20N8O4S/c1-10(29)7-27-19(31)15-16(26(4)20(27)32)23-9-28(15)11(2)17(30)24-14-8-33-18(25-14)13-5-21-12(3)22-6-13/h5-6,8-9,11H,7H2,1-4H3,(H,24,30)/t11-/m0/s1. The van der Waals surface area contributed by atoms with Gasteiger partial charge in [-0.3, -0.25) is 23.5 Å². The van der Waals surface area contributed by atoms with E-state index in [0.29, 0.717) is 16.6 Å². The number of hydrogen-bond acceptors (Lipinski definition) is 9. The molecule has 1 amide bonds. The lowest BCUT2D eigenvalue weighted by molar-refractivity contribution is -0.119. The molecule has 4 heterocycles. The second-order valence-corrected chi connectivity index (χ2v) is 8.34. The van der Waals surface area contributed by atoms with Crippen molar-refractivity contribution >= 4 is 40.0 Å². The summed E-state index contributed by atoms with van der Waals surface area (Å²) in [6.07, 6.45) is 4.64. The van der Waals surface area contributed by atoms with Crippen LogP contribution in [-0.4, -0.2) is 45.3 Å². The average molecular weight is 468 g/mol. The van der Waals surface area contributed by atoms with E-state index < -0.39 is 23.2 Å². The highest BCUT2D eigenvalue weighted by Crippen LogP contribution is 2.25. The number of nitrogens with zero attached hydrogens (tertiary/aromatic N) is 7. The largest absolute Gasteiger partial charge is 0.332 e. The number of carbonyl (C=O) groups excluding carboxylic acids is 2. The molecule has 0 aliphatic heterocycles. The molecule has 4 aromatic rings. The zero-order chi connectivity index (χ0) is 23.9. The molecule has 0 saturated carbocycles. The number of nitrogens with one attached hydrogen (secondary N) is 1. The summed E-state index contributed by atoms with van der Waals surface area (Å²) in [5, 5.41) is 5.06. The first-order valence-electron chi connectivity index (χ1n) is 9.88. The normalized spacial score (nSPS) is 12.1. The van der Waals surface area contributed by atoms with Crippen LogP contribution in [0.15, 0.2) is 33.7 Å². The Hall–Kier alpha value is -4.00. The molecule has 4 rings (SSSR count). The molecule has 33 heavy (non-hydrogen) atoms. The predicted molar refractivity (Wildman–Crippen MR) is 121 cm³/mol. The Kier molecular flexibility index (Phi) is 5.72. The van der Waals surface area contributed by atoms with Gasteiger partial charge in [0.15, 0.2) is 11.2 Å². The number of fused-ring (bicyclic) bond motifs is 1. The molecule has 1 N–H and O–H groups in total. The second-order valence-electron chi connectivity index (χ2n) is 7.48. The first kappa shape index (κ1) is 22.2. The first-order valence-corrected chi connectivity index (χ1v) is 10.8. The van der Waals surface area contributed by atoms with Crippen LogP contribution in [0.25, 0.3) is 21.7 Å². The van der Waals surface area contributed by atoms with Gasteiger partial charge in [-0.15, -0.1) is 11.3 Å². The minimum atomic E-state index is -0.848. The number of aromatic nitrogens is 7. The van der Waals surface area contributed by atoms with Gasteiger partial charge in [-0.05, 0) is 20.8 Å². The van der Waals surface area contributed by atoms with Gasteiger partial charge in [-0.25, -0.2) is 24.7 Å². The van der Waals surface area contributed by atoms with Gasteiger partial charge in [0.1, 0.15) is 28.5 Å². The van der Waals surface area contributed by atoms with E-state index in [0.717, 1.165) is 10.1 Å². The first-order chi connectivity index (χ1) is 15.7. The fourth-order valence-electron chi connectivity index (χ4n) is 3.27. The monoisotopic (exact) mass is 468 g/mol. The van der Waals surface area contributed by atoms with Crippen molar-refractivity contribution < 1.29 is 9.59 Å². The third-order valence-corrected chi connectivity index (χ3v) is 5.91. The summed E-state index contributed by atoms with van der Waals surface area (Å²) in [4.78, 5) is 66.7. The molecule has 0 aromatic carbocycles. The molecule has 0 radical (unpaired) electrons. The van der Waals surface area contributed by atoms with E-state index in [1.54, 1.807) is 31.6 Å². The van der Waals surface area contributed by atoms with Crippen molar-refractivity contribution in [3.63, 3.8) is 0 Å². The van der Waals surface area contributed by atoms with Crippen molar-refractivity contribution in [2.75, 3.05) is 5.32 Å². The van der Waals surface area contributed by atoms with Crippen LogP contribution >= 0.6 is 11.3 Å². The maximum absolute atomic E-state index is 13.0. The second kappa shape index (κ2) is 8.50. The Bertz CT molecular complexity index is 1500. The minimum absolute atomic E-state index is 0.0526. The van der Waals surface area contributed by atoms with Crippen molar-refractivity contribution in [2.24, 2.45) is 7.05 Å². The van der Waals surface area contributed by atoms with E-state index in [2.05, 4.69) is 25.3 Å². The van der Waals surface area contributed by atoms with Gasteiger partial charge in [0.25, 0.3) is 5.56 Å². The molecule has 0 aliphatic rings. The fourth-order valence-corrected chi connectivity index (χ4v) is 4.00. The Morgan fingerprint density at radius 3 is 2.55 bits per heavy atom. The van der Waals surface area contributed by atoms with Gasteiger partial charge < -0.3 is 9.88 Å². The summed E-state index contributed by atoms with van der Waals surface area (Å²) in [7, 11) is 1.45. The van der Waals surface area contributed by atoms with Crippen LogP contribution in [0.1, 0.15) is 25.7 Å². The minimum Gasteiger partial charge on any atom is -0.312 e. The number of hydrogen-bond donors (Lipinski definition) is 1. The molecule has 1 atom stereocenters. The van der Waals surface area contributed by atoms with E-state index >= 15 is 0 Å². The lowest BCUT2D eigenvalue weighted by Gasteiger charge is -2.14. The third-order valence-electron chi connectivity index (χ3n) is 5.02. The quantitative estimate of drug-likeness (QED) is 0.439. The van der Waals surface area contributed by atoms with Crippen LogP contribution in [0.5, 0.6) is 0 Å². The van der Waals surface area contributed by atoms with Crippen LogP contribution in [-0.2, 0) is 23.2 Å². The van der Waals surface area contributed by atoms with Gasteiger partial charge in [0.2, 0.25) is 5.91 Å². The lowest BCUT2D eigenvalue weighted by atomic mass is 10.3. The molecule has 0 spiro atoms.